The second-order valence-electron chi connectivity index (χ2n) is 7.41. The Hall–Kier alpha value is -3.23. The van der Waals surface area contributed by atoms with E-state index in [0.29, 0.717) is 5.56 Å². The summed E-state index contributed by atoms with van der Waals surface area (Å²) in [4.78, 5) is 35.9. The molecule has 0 aliphatic heterocycles. The van der Waals surface area contributed by atoms with Crippen LogP contribution in [-0.2, 0) is 17.6 Å². The van der Waals surface area contributed by atoms with Crippen LogP contribution in [0.15, 0.2) is 41.8 Å². The number of carbonyl (C=O) groups is 2. The first kappa shape index (κ1) is 22.0. The third kappa shape index (κ3) is 4.24. The number of ether oxygens (including phenoxy) is 1. The molecule has 1 heterocycles. The molecule has 0 saturated carbocycles. The van der Waals surface area contributed by atoms with Crippen LogP contribution in [-0.4, -0.2) is 23.9 Å². The normalized spacial score (nSPS) is 12.7. The summed E-state index contributed by atoms with van der Waals surface area (Å²) in [7, 11) is 1.28. The standard InChI is InChI=1S/C23H19ClN2O5S/c1-31-23(28)20-18(15-7-6-13-4-2-3-5-14(13)10-15)12-32-22(20)25-21(27)17-11-16(26(29)30)8-9-19(17)24/h6-12H,2-5H2,1H3,(H,25,27). The number of esters is 1. The molecule has 0 atom stereocenters. The van der Waals surface area contributed by atoms with E-state index in [1.165, 1.54) is 48.1 Å². The van der Waals surface area contributed by atoms with Gasteiger partial charge in [0, 0.05) is 23.1 Å². The lowest BCUT2D eigenvalue weighted by Crippen LogP contribution is -2.15. The Morgan fingerprint density at radius 3 is 2.59 bits per heavy atom. The average Bonchev–Trinajstić information content (AvgIpc) is 3.21. The molecule has 0 radical (unpaired) electrons. The maximum Gasteiger partial charge on any atom is 0.341 e. The number of methoxy groups -OCH3 is 1. The highest BCUT2D eigenvalue weighted by atomic mass is 35.5. The summed E-state index contributed by atoms with van der Waals surface area (Å²) in [5.74, 6) is -1.23. The molecule has 0 fully saturated rings. The zero-order chi connectivity index (χ0) is 22.8. The van der Waals surface area contributed by atoms with Gasteiger partial charge in [0.1, 0.15) is 10.6 Å². The number of hydrogen-bond donors (Lipinski definition) is 1. The predicted molar refractivity (Wildman–Crippen MR) is 124 cm³/mol. The van der Waals surface area contributed by atoms with E-state index in [2.05, 4.69) is 17.4 Å². The molecular weight excluding hydrogens is 452 g/mol. The molecule has 32 heavy (non-hydrogen) atoms. The van der Waals surface area contributed by atoms with Gasteiger partial charge in [-0.05, 0) is 48.4 Å². The largest absolute Gasteiger partial charge is 0.465 e. The number of nitrogens with one attached hydrogen (secondary N) is 1. The average molecular weight is 471 g/mol. The molecule has 9 heteroatoms. The third-order valence-corrected chi connectivity index (χ3v) is 6.70. The van der Waals surface area contributed by atoms with Crippen molar-refractivity contribution in [3.8, 4) is 11.1 Å². The van der Waals surface area contributed by atoms with Crippen LogP contribution >= 0.6 is 22.9 Å². The second kappa shape index (κ2) is 9.10. The number of fused-ring (bicyclic) bond motifs is 1. The van der Waals surface area contributed by atoms with E-state index in [1.54, 1.807) is 5.38 Å². The van der Waals surface area contributed by atoms with Crippen molar-refractivity contribution in [3.05, 3.63) is 79.2 Å². The molecule has 0 unspecified atom stereocenters. The fourth-order valence-electron chi connectivity index (χ4n) is 3.84. The first-order chi connectivity index (χ1) is 15.4. The summed E-state index contributed by atoms with van der Waals surface area (Å²) < 4.78 is 4.97. The highest BCUT2D eigenvalue weighted by Gasteiger charge is 2.25. The minimum Gasteiger partial charge on any atom is -0.465 e. The second-order valence-corrected chi connectivity index (χ2v) is 8.70. The number of carbonyl (C=O) groups excluding carboxylic acids is 2. The van der Waals surface area contributed by atoms with Crippen molar-refractivity contribution in [2.75, 3.05) is 12.4 Å². The van der Waals surface area contributed by atoms with Crippen molar-refractivity contribution in [3.63, 3.8) is 0 Å². The molecule has 2 aromatic carbocycles. The van der Waals surface area contributed by atoms with E-state index in [4.69, 9.17) is 16.3 Å². The van der Waals surface area contributed by atoms with Crippen LogP contribution < -0.4 is 5.32 Å². The minimum absolute atomic E-state index is 0.0552. The van der Waals surface area contributed by atoms with Gasteiger partial charge in [-0.1, -0.05) is 29.8 Å². The van der Waals surface area contributed by atoms with Crippen molar-refractivity contribution in [1.82, 2.24) is 0 Å². The van der Waals surface area contributed by atoms with Gasteiger partial charge in [-0.15, -0.1) is 11.3 Å². The highest BCUT2D eigenvalue weighted by Crippen LogP contribution is 2.38. The summed E-state index contributed by atoms with van der Waals surface area (Å²) in [5, 5.41) is 15.9. The van der Waals surface area contributed by atoms with E-state index in [1.807, 2.05) is 6.07 Å². The molecule has 3 aromatic rings. The molecule has 0 bridgehead atoms. The lowest BCUT2D eigenvalue weighted by Gasteiger charge is -2.16. The number of halogens is 1. The Morgan fingerprint density at radius 1 is 1.12 bits per heavy atom. The van der Waals surface area contributed by atoms with Crippen LogP contribution in [0.5, 0.6) is 0 Å². The van der Waals surface area contributed by atoms with Gasteiger partial charge in [-0.25, -0.2) is 4.79 Å². The number of amides is 1. The van der Waals surface area contributed by atoms with Crippen LogP contribution in [0, 0.1) is 10.1 Å². The fourth-order valence-corrected chi connectivity index (χ4v) is 5.00. The maximum absolute atomic E-state index is 12.8. The quantitative estimate of drug-likeness (QED) is 0.284. The minimum atomic E-state index is -0.650. The summed E-state index contributed by atoms with van der Waals surface area (Å²) in [5.41, 5.74) is 4.05. The molecule has 0 saturated heterocycles. The number of aryl methyl sites for hydroxylation is 2. The van der Waals surface area contributed by atoms with Crippen LogP contribution in [0.2, 0.25) is 5.02 Å². The van der Waals surface area contributed by atoms with E-state index >= 15 is 0 Å². The zero-order valence-electron chi connectivity index (χ0n) is 17.1. The number of nitrogens with zero attached hydrogens (tertiary/aromatic N) is 1. The van der Waals surface area contributed by atoms with Gasteiger partial charge < -0.3 is 10.1 Å². The smallest absolute Gasteiger partial charge is 0.341 e. The summed E-state index contributed by atoms with van der Waals surface area (Å²) in [6.45, 7) is 0. The van der Waals surface area contributed by atoms with Crippen molar-refractivity contribution in [2.24, 2.45) is 0 Å². The molecule has 1 amide bonds. The molecule has 1 N–H and O–H groups in total. The Labute approximate surface area is 193 Å². The summed E-state index contributed by atoms with van der Waals surface area (Å²) in [6, 6.07) is 9.77. The van der Waals surface area contributed by atoms with Gasteiger partial charge in [0.2, 0.25) is 0 Å². The van der Waals surface area contributed by atoms with Gasteiger partial charge in [0.15, 0.2) is 0 Å². The van der Waals surface area contributed by atoms with Gasteiger partial charge in [-0.2, -0.15) is 0 Å². The number of non-ortho nitro benzene ring substituents is 1. The van der Waals surface area contributed by atoms with Crippen LogP contribution in [0.3, 0.4) is 0 Å². The van der Waals surface area contributed by atoms with Crippen molar-refractivity contribution >= 4 is 45.5 Å². The third-order valence-electron chi connectivity index (χ3n) is 5.47. The summed E-state index contributed by atoms with van der Waals surface area (Å²) in [6.07, 6.45) is 4.36. The fraction of sp³-hybridized carbons (Fsp3) is 0.217. The van der Waals surface area contributed by atoms with E-state index in [9.17, 15) is 19.7 Å². The van der Waals surface area contributed by atoms with Gasteiger partial charge in [0.25, 0.3) is 11.6 Å². The van der Waals surface area contributed by atoms with Crippen molar-refractivity contribution in [1.29, 1.82) is 0 Å². The molecule has 1 aliphatic rings. The molecule has 4 rings (SSSR count). The van der Waals surface area contributed by atoms with Crippen molar-refractivity contribution in [2.45, 2.75) is 25.7 Å². The van der Waals surface area contributed by atoms with Gasteiger partial charge >= 0.3 is 5.97 Å². The van der Waals surface area contributed by atoms with Crippen LogP contribution in [0.4, 0.5) is 10.7 Å². The van der Waals surface area contributed by atoms with E-state index < -0.39 is 16.8 Å². The van der Waals surface area contributed by atoms with Crippen molar-refractivity contribution < 1.29 is 19.2 Å². The summed E-state index contributed by atoms with van der Waals surface area (Å²) >= 11 is 7.27. The number of anilines is 1. The molecule has 1 aliphatic carbocycles. The first-order valence-corrected chi connectivity index (χ1v) is 11.2. The van der Waals surface area contributed by atoms with Crippen LogP contribution in [0.25, 0.3) is 11.1 Å². The molecule has 7 nitrogen and oxygen atoms in total. The monoisotopic (exact) mass is 470 g/mol. The highest BCUT2D eigenvalue weighted by molar-refractivity contribution is 7.15. The molecule has 0 spiro atoms. The SMILES string of the molecule is COC(=O)c1c(-c2ccc3c(c2)CCCC3)csc1NC(=O)c1cc([N+](=O)[O-])ccc1Cl. The Morgan fingerprint density at radius 2 is 1.88 bits per heavy atom. The number of nitro groups is 1. The lowest BCUT2D eigenvalue weighted by atomic mass is 9.89. The number of thiophene rings is 1. The number of hydrogen-bond acceptors (Lipinski definition) is 6. The first-order valence-electron chi connectivity index (χ1n) is 9.96. The van der Waals surface area contributed by atoms with E-state index in [0.717, 1.165) is 30.9 Å². The Bertz CT molecular complexity index is 1240. The number of nitro benzene ring substituents is 1. The molecular formula is C23H19ClN2O5S. The molecule has 164 valence electrons. The van der Waals surface area contributed by atoms with Gasteiger partial charge in [-0.3, -0.25) is 14.9 Å². The Balaban J connectivity index is 1.71. The Kier molecular flexibility index (Phi) is 6.25. The predicted octanol–water partition coefficient (Wildman–Crippen LogP) is 5.89. The van der Waals surface area contributed by atoms with Crippen LogP contribution in [0.1, 0.15) is 44.7 Å². The lowest BCUT2D eigenvalue weighted by molar-refractivity contribution is -0.384. The zero-order valence-corrected chi connectivity index (χ0v) is 18.7. The molecule has 1 aromatic heterocycles. The van der Waals surface area contributed by atoms with Gasteiger partial charge in [0.05, 0.1) is 22.6 Å². The van der Waals surface area contributed by atoms with E-state index in [-0.39, 0.29) is 26.8 Å². The maximum atomic E-state index is 12.8. The number of benzene rings is 2. The topological polar surface area (TPSA) is 98.5 Å². The number of rotatable bonds is 5.